The van der Waals surface area contributed by atoms with Crippen LogP contribution < -0.4 is 10.6 Å². The molecule has 0 bridgehead atoms. The summed E-state index contributed by atoms with van der Waals surface area (Å²) in [6.45, 7) is 4.29. The molecule has 2 amide bonds. The normalized spacial score (nSPS) is 15.4. The van der Waals surface area contributed by atoms with E-state index in [2.05, 4.69) is 15.5 Å². The number of likely N-dealkylation sites (tertiary alicyclic amines) is 1. The Morgan fingerprint density at radius 3 is 2.76 bits per heavy atom. The van der Waals surface area contributed by atoms with Crippen LogP contribution in [0, 0.1) is 0 Å². The largest absolute Gasteiger partial charge is 0.337 e. The highest BCUT2D eigenvalue weighted by Crippen LogP contribution is 2.07. The molecule has 0 aromatic heterocycles. The summed E-state index contributed by atoms with van der Waals surface area (Å²) in [6.07, 6.45) is 4.66. The zero-order valence-corrected chi connectivity index (χ0v) is 12.3. The van der Waals surface area contributed by atoms with Crippen molar-refractivity contribution in [2.75, 3.05) is 26.2 Å². The van der Waals surface area contributed by atoms with Crippen molar-refractivity contribution >= 4 is 12.3 Å². The van der Waals surface area contributed by atoms with Gasteiger partial charge >= 0.3 is 6.03 Å². The third kappa shape index (κ3) is 5.55. The van der Waals surface area contributed by atoms with Crippen molar-refractivity contribution in [3.8, 4) is 0 Å². The number of nitrogens with zero attached hydrogens (tertiary/aromatic N) is 1. The lowest BCUT2D eigenvalue weighted by molar-refractivity contribution is 0.112. The number of piperidine rings is 1. The Bertz CT molecular complexity index is 470. The molecule has 0 atom stereocenters. The lowest BCUT2D eigenvalue weighted by atomic mass is 10.1. The summed E-state index contributed by atoms with van der Waals surface area (Å²) in [4.78, 5) is 24.8. The van der Waals surface area contributed by atoms with Crippen molar-refractivity contribution in [1.82, 2.24) is 15.5 Å². The molecule has 0 saturated carbocycles. The number of hydrogen-bond donors (Lipinski definition) is 2. The lowest BCUT2D eigenvalue weighted by Gasteiger charge is -2.26. The van der Waals surface area contributed by atoms with Crippen LogP contribution in [0.5, 0.6) is 0 Å². The first-order valence-corrected chi connectivity index (χ1v) is 7.56. The molecule has 5 nitrogen and oxygen atoms in total. The molecule has 114 valence electrons. The quantitative estimate of drug-likeness (QED) is 0.785. The van der Waals surface area contributed by atoms with Crippen molar-refractivity contribution in [3.05, 3.63) is 35.4 Å². The van der Waals surface area contributed by atoms with Gasteiger partial charge in [-0.3, -0.25) is 4.79 Å². The highest BCUT2D eigenvalue weighted by Gasteiger charge is 2.09. The van der Waals surface area contributed by atoms with E-state index in [0.717, 1.165) is 31.5 Å². The van der Waals surface area contributed by atoms with Crippen LogP contribution in [0.2, 0.25) is 0 Å². The van der Waals surface area contributed by atoms with Gasteiger partial charge < -0.3 is 15.5 Å². The number of hydrogen-bond acceptors (Lipinski definition) is 3. The molecule has 2 rings (SSSR count). The van der Waals surface area contributed by atoms with E-state index >= 15 is 0 Å². The zero-order valence-electron chi connectivity index (χ0n) is 12.3. The number of urea groups is 1. The van der Waals surface area contributed by atoms with Crippen molar-refractivity contribution in [2.45, 2.75) is 25.8 Å². The second-order valence-electron chi connectivity index (χ2n) is 5.37. The summed E-state index contributed by atoms with van der Waals surface area (Å²) in [5.74, 6) is 0. The van der Waals surface area contributed by atoms with E-state index < -0.39 is 0 Å². The summed E-state index contributed by atoms with van der Waals surface area (Å²) in [5, 5.41) is 5.67. The van der Waals surface area contributed by atoms with E-state index in [0.29, 0.717) is 18.7 Å². The number of amides is 2. The minimum Gasteiger partial charge on any atom is -0.337 e. The number of carbonyl (C=O) groups excluding carboxylic acids is 2. The first-order chi connectivity index (χ1) is 10.3. The highest BCUT2D eigenvalue weighted by molar-refractivity contribution is 5.75. The van der Waals surface area contributed by atoms with Gasteiger partial charge in [0.15, 0.2) is 0 Å². The predicted octanol–water partition coefficient (Wildman–Crippen LogP) is 1.78. The van der Waals surface area contributed by atoms with Crippen molar-refractivity contribution in [2.24, 2.45) is 0 Å². The minimum absolute atomic E-state index is 0.163. The Hall–Kier alpha value is -1.88. The molecule has 0 unspecified atom stereocenters. The van der Waals surface area contributed by atoms with Gasteiger partial charge in [-0.05, 0) is 37.6 Å². The SMILES string of the molecule is O=Cc1cccc(CNC(=O)NCCN2CCCCC2)c1. The first kappa shape index (κ1) is 15.5. The summed E-state index contributed by atoms with van der Waals surface area (Å²) >= 11 is 0. The average molecular weight is 289 g/mol. The monoisotopic (exact) mass is 289 g/mol. The maximum Gasteiger partial charge on any atom is 0.315 e. The average Bonchev–Trinajstić information content (AvgIpc) is 2.54. The maximum atomic E-state index is 11.7. The van der Waals surface area contributed by atoms with Gasteiger partial charge in [0.2, 0.25) is 0 Å². The number of carbonyl (C=O) groups is 2. The molecule has 1 aliphatic heterocycles. The van der Waals surface area contributed by atoms with Gasteiger partial charge in [-0.15, -0.1) is 0 Å². The fraction of sp³-hybridized carbons (Fsp3) is 0.500. The van der Waals surface area contributed by atoms with Gasteiger partial charge in [0.1, 0.15) is 6.29 Å². The number of benzene rings is 1. The van der Waals surface area contributed by atoms with Crippen molar-refractivity contribution in [1.29, 1.82) is 0 Å². The van der Waals surface area contributed by atoms with Crippen LogP contribution in [0.15, 0.2) is 24.3 Å². The minimum atomic E-state index is -0.163. The molecular weight excluding hydrogens is 266 g/mol. The second kappa shape index (κ2) is 8.42. The molecule has 0 aliphatic carbocycles. The summed E-state index contributed by atoms with van der Waals surface area (Å²) in [7, 11) is 0. The van der Waals surface area contributed by atoms with Gasteiger partial charge in [-0.25, -0.2) is 4.79 Å². The second-order valence-corrected chi connectivity index (χ2v) is 5.37. The van der Waals surface area contributed by atoms with Gasteiger partial charge in [0.25, 0.3) is 0 Å². The Labute approximate surface area is 125 Å². The molecule has 1 aliphatic rings. The maximum absolute atomic E-state index is 11.7. The molecule has 1 aromatic carbocycles. The lowest BCUT2D eigenvalue weighted by Crippen LogP contribution is -2.41. The molecule has 1 heterocycles. The fourth-order valence-corrected chi connectivity index (χ4v) is 2.53. The molecular formula is C16H23N3O2. The van der Waals surface area contributed by atoms with Crippen LogP contribution in [-0.2, 0) is 6.54 Å². The van der Waals surface area contributed by atoms with Crippen molar-refractivity contribution in [3.63, 3.8) is 0 Å². The van der Waals surface area contributed by atoms with E-state index in [9.17, 15) is 9.59 Å². The molecule has 0 radical (unpaired) electrons. The first-order valence-electron chi connectivity index (χ1n) is 7.56. The number of aldehydes is 1. The number of rotatable bonds is 6. The van der Waals surface area contributed by atoms with Crippen LogP contribution in [-0.4, -0.2) is 43.4 Å². The Kier molecular flexibility index (Phi) is 6.22. The van der Waals surface area contributed by atoms with Crippen molar-refractivity contribution < 1.29 is 9.59 Å². The molecule has 5 heteroatoms. The van der Waals surface area contributed by atoms with Crippen LogP contribution in [0.25, 0.3) is 0 Å². The van der Waals surface area contributed by atoms with Crippen LogP contribution in [0.1, 0.15) is 35.2 Å². The summed E-state index contributed by atoms with van der Waals surface area (Å²) in [6, 6.07) is 7.06. The predicted molar refractivity (Wildman–Crippen MR) is 82.4 cm³/mol. The number of nitrogens with one attached hydrogen (secondary N) is 2. The van der Waals surface area contributed by atoms with Crippen LogP contribution in [0.3, 0.4) is 0 Å². The topological polar surface area (TPSA) is 61.4 Å². The van der Waals surface area contributed by atoms with Crippen LogP contribution in [0.4, 0.5) is 4.79 Å². The van der Waals surface area contributed by atoms with Gasteiger partial charge in [0.05, 0.1) is 0 Å². The van der Waals surface area contributed by atoms with Gasteiger partial charge in [-0.1, -0.05) is 24.6 Å². The molecule has 2 N–H and O–H groups in total. The van der Waals surface area contributed by atoms with E-state index in [4.69, 9.17) is 0 Å². The third-order valence-electron chi connectivity index (χ3n) is 3.70. The van der Waals surface area contributed by atoms with E-state index in [-0.39, 0.29) is 6.03 Å². The Morgan fingerprint density at radius 1 is 1.19 bits per heavy atom. The Balaban J connectivity index is 1.63. The zero-order chi connectivity index (χ0) is 14.9. The molecule has 21 heavy (non-hydrogen) atoms. The summed E-state index contributed by atoms with van der Waals surface area (Å²) in [5.41, 5.74) is 1.55. The van der Waals surface area contributed by atoms with Crippen LogP contribution >= 0.6 is 0 Å². The Morgan fingerprint density at radius 2 is 2.00 bits per heavy atom. The highest BCUT2D eigenvalue weighted by atomic mass is 16.2. The molecule has 1 saturated heterocycles. The molecule has 1 aromatic rings. The smallest absolute Gasteiger partial charge is 0.315 e. The van der Waals surface area contributed by atoms with E-state index in [1.807, 2.05) is 12.1 Å². The van der Waals surface area contributed by atoms with Gasteiger partial charge in [0, 0.05) is 25.2 Å². The van der Waals surface area contributed by atoms with E-state index in [1.54, 1.807) is 12.1 Å². The molecule has 1 fully saturated rings. The standard InChI is InChI=1S/C16H23N3O2/c20-13-15-6-4-5-14(11-15)12-18-16(21)17-7-10-19-8-2-1-3-9-19/h4-6,11,13H,1-3,7-10,12H2,(H2,17,18,21). The molecule has 0 spiro atoms. The van der Waals surface area contributed by atoms with Gasteiger partial charge in [-0.2, -0.15) is 0 Å². The fourth-order valence-electron chi connectivity index (χ4n) is 2.53. The van der Waals surface area contributed by atoms with E-state index in [1.165, 1.54) is 19.3 Å². The third-order valence-corrected chi connectivity index (χ3v) is 3.70. The summed E-state index contributed by atoms with van der Waals surface area (Å²) < 4.78 is 0.